The van der Waals surface area contributed by atoms with Crippen LogP contribution >= 0.6 is 0 Å². The van der Waals surface area contributed by atoms with E-state index in [1.165, 1.54) is 29.4 Å². The summed E-state index contributed by atoms with van der Waals surface area (Å²) in [6.07, 6.45) is 3.40. The fraction of sp³-hybridized carbons (Fsp3) is 0.400. The van der Waals surface area contributed by atoms with Gasteiger partial charge in [-0.2, -0.15) is 0 Å². The zero-order chi connectivity index (χ0) is 13.7. The number of rotatable bonds is 1. The minimum absolute atomic E-state index is 0.464. The predicted octanol–water partition coefficient (Wildman–Crippen LogP) is 2.05. The number of primary amides is 1. The normalized spacial score (nSPS) is 24.4. The summed E-state index contributed by atoms with van der Waals surface area (Å²) in [6.45, 7) is 1.08. The molecule has 20 heavy (non-hydrogen) atoms. The maximum Gasteiger partial charge on any atom is 0.317 e. The van der Waals surface area contributed by atoms with Gasteiger partial charge < -0.3 is 16.0 Å². The maximum absolute atomic E-state index is 11.2. The van der Waals surface area contributed by atoms with Crippen molar-refractivity contribution in [3.05, 3.63) is 29.3 Å². The largest absolute Gasteiger partial charge is 0.351 e. The van der Waals surface area contributed by atoms with Crippen LogP contribution < -0.4 is 16.4 Å². The first-order valence-electron chi connectivity index (χ1n) is 7.17. The third kappa shape index (κ3) is 1.63. The van der Waals surface area contributed by atoms with Crippen LogP contribution in [0.25, 0.3) is 10.9 Å². The molecule has 1 fully saturated rings. The van der Waals surface area contributed by atoms with Crippen molar-refractivity contribution in [3.8, 4) is 0 Å². The second kappa shape index (κ2) is 4.24. The average Bonchev–Trinajstić information content (AvgIpc) is 2.78. The number of hydrogen-bond donors (Lipinski definition) is 4. The summed E-state index contributed by atoms with van der Waals surface area (Å²) in [5.74, 6) is 1.34. The molecule has 5 heteroatoms. The van der Waals surface area contributed by atoms with Crippen molar-refractivity contribution in [1.82, 2.24) is 10.3 Å². The van der Waals surface area contributed by atoms with E-state index in [1.54, 1.807) is 0 Å². The molecule has 4 rings (SSSR count). The first-order valence-corrected chi connectivity index (χ1v) is 7.17. The third-order valence-electron chi connectivity index (χ3n) is 4.62. The predicted molar refractivity (Wildman–Crippen MR) is 79.0 cm³/mol. The Morgan fingerprint density at radius 3 is 3.15 bits per heavy atom. The summed E-state index contributed by atoms with van der Waals surface area (Å²) in [4.78, 5) is 14.5. The van der Waals surface area contributed by atoms with E-state index < -0.39 is 6.03 Å². The molecule has 2 amide bonds. The van der Waals surface area contributed by atoms with Crippen LogP contribution in [-0.4, -0.2) is 23.6 Å². The zero-order valence-electron chi connectivity index (χ0n) is 11.2. The fourth-order valence-corrected chi connectivity index (χ4v) is 3.85. The number of carbonyl (C=O) groups is 1. The van der Waals surface area contributed by atoms with Crippen molar-refractivity contribution in [2.75, 3.05) is 11.9 Å². The molecule has 2 aliphatic rings. The Kier molecular flexibility index (Phi) is 2.50. The second-order valence-electron chi connectivity index (χ2n) is 5.75. The maximum atomic E-state index is 11.2. The number of fused-ring (bicyclic) bond motifs is 2. The number of hydrogen-bond acceptors (Lipinski definition) is 2. The van der Waals surface area contributed by atoms with Gasteiger partial charge in [0.2, 0.25) is 0 Å². The van der Waals surface area contributed by atoms with Gasteiger partial charge in [0.05, 0.1) is 0 Å². The summed E-state index contributed by atoms with van der Waals surface area (Å²) < 4.78 is 0. The monoisotopic (exact) mass is 270 g/mol. The molecule has 2 aromatic rings. The molecule has 1 unspecified atom stereocenters. The van der Waals surface area contributed by atoms with E-state index >= 15 is 0 Å². The number of H-pyrrole nitrogens is 1. The molecule has 1 saturated heterocycles. The van der Waals surface area contributed by atoms with Crippen LogP contribution in [0.1, 0.15) is 29.9 Å². The summed E-state index contributed by atoms with van der Waals surface area (Å²) in [7, 11) is 0. The van der Waals surface area contributed by atoms with E-state index in [0.717, 1.165) is 24.3 Å². The van der Waals surface area contributed by atoms with Crippen LogP contribution in [0.2, 0.25) is 0 Å². The van der Waals surface area contributed by atoms with Crippen LogP contribution in [0, 0.1) is 0 Å². The van der Waals surface area contributed by atoms with Gasteiger partial charge in [0.15, 0.2) is 0 Å². The number of nitrogens with one attached hydrogen (secondary N) is 3. The number of anilines is 1. The molecule has 1 aliphatic heterocycles. The number of carbonyl (C=O) groups excluding carboxylic acids is 1. The molecule has 0 bridgehead atoms. The number of aromatic nitrogens is 1. The molecule has 5 nitrogen and oxygen atoms in total. The van der Waals surface area contributed by atoms with Gasteiger partial charge in [0.1, 0.15) is 5.82 Å². The Morgan fingerprint density at radius 2 is 2.30 bits per heavy atom. The van der Waals surface area contributed by atoms with Gasteiger partial charge in [0.25, 0.3) is 0 Å². The SMILES string of the molecule is NC(=O)Nc1[nH]c2cccc3c2c1C[C@H]1NCCCC31. The lowest BCUT2D eigenvalue weighted by atomic mass is 9.76. The van der Waals surface area contributed by atoms with Crippen molar-refractivity contribution < 1.29 is 4.79 Å². The van der Waals surface area contributed by atoms with Crippen LogP contribution in [0.4, 0.5) is 10.6 Å². The molecule has 0 radical (unpaired) electrons. The lowest BCUT2D eigenvalue weighted by Gasteiger charge is -2.36. The number of aromatic amines is 1. The number of nitrogens with two attached hydrogens (primary N) is 1. The minimum atomic E-state index is -0.520. The van der Waals surface area contributed by atoms with E-state index in [1.807, 2.05) is 0 Å². The first kappa shape index (κ1) is 11.8. The zero-order valence-corrected chi connectivity index (χ0v) is 11.2. The smallest absolute Gasteiger partial charge is 0.317 e. The molecule has 0 saturated carbocycles. The lowest BCUT2D eigenvalue weighted by molar-refractivity contribution is 0.259. The highest BCUT2D eigenvalue weighted by Gasteiger charge is 2.34. The van der Waals surface area contributed by atoms with E-state index in [-0.39, 0.29) is 0 Å². The van der Waals surface area contributed by atoms with E-state index in [9.17, 15) is 4.79 Å². The van der Waals surface area contributed by atoms with Crippen molar-refractivity contribution >= 4 is 22.8 Å². The standard InChI is InChI=1S/C15H18N4O/c16-15(20)19-14-10-7-12-8(4-2-6-17-12)9-3-1-5-11(18-14)13(9)10/h1,3,5,8,12,17-18H,2,4,6-7H2,(H3,16,19,20)/t8?,12-/m1/s1. The van der Waals surface area contributed by atoms with E-state index in [0.29, 0.717) is 12.0 Å². The number of urea groups is 1. The fourth-order valence-electron chi connectivity index (χ4n) is 3.85. The van der Waals surface area contributed by atoms with E-state index in [2.05, 4.69) is 33.8 Å². The summed E-state index contributed by atoms with van der Waals surface area (Å²) in [6, 6.07) is 6.31. The lowest BCUT2D eigenvalue weighted by Crippen LogP contribution is -2.43. The Hall–Kier alpha value is -2.01. The second-order valence-corrected chi connectivity index (χ2v) is 5.75. The minimum Gasteiger partial charge on any atom is -0.351 e. The van der Waals surface area contributed by atoms with Crippen molar-refractivity contribution in [1.29, 1.82) is 0 Å². The van der Waals surface area contributed by atoms with Crippen molar-refractivity contribution in [3.63, 3.8) is 0 Å². The van der Waals surface area contributed by atoms with Gasteiger partial charge in [0, 0.05) is 28.4 Å². The first-order chi connectivity index (χ1) is 9.74. The highest BCUT2D eigenvalue weighted by atomic mass is 16.2. The van der Waals surface area contributed by atoms with Gasteiger partial charge in [-0.15, -0.1) is 0 Å². The Bertz CT molecular complexity index is 690. The number of benzene rings is 1. The van der Waals surface area contributed by atoms with Gasteiger partial charge in [-0.05, 0) is 37.4 Å². The molecule has 1 aromatic carbocycles. The molecule has 0 spiro atoms. The van der Waals surface area contributed by atoms with Crippen LogP contribution in [0.15, 0.2) is 18.2 Å². The topological polar surface area (TPSA) is 82.9 Å². The Labute approximate surface area is 116 Å². The molecule has 5 N–H and O–H groups in total. The molecule has 2 atom stereocenters. The highest BCUT2D eigenvalue weighted by Crippen LogP contribution is 2.43. The van der Waals surface area contributed by atoms with Crippen molar-refractivity contribution in [2.45, 2.75) is 31.2 Å². The molecule has 2 heterocycles. The molecule has 104 valence electrons. The van der Waals surface area contributed by atoms with Crippen LogP contribution in [0.3, 0.4) is 0 Å². The third-order valence-corrected chi connectivity index (χ3v) is 4.62. The molecular weight excluding hydrogens is 252 g/mol. The summed E-state index contributed by atoms with van der Waals surface area (Å²) >= 11 is 0. The van der Waals surface area contributed by atoms with Gasteiger partial charge in [-0.1, -0.05) is 12.1 Å². The Balaban J connectivity index is 1.91. The summed E-state index contributed by atoms with van der Waals surface area (Å²) in [5, 5.41) is 7.62. The van der Waals surface area contributed by atoms with Crippen molar-refractivity contribution in [2.24, 2.45) is 5.73 Å². The summed E-state index contributed by atoms with van der Waals surface area (Å²) in [5.41, 5.74) is 8.94. The molecule has 1 aliphatic carbocycles. The average molecular weight is 270 g/mol. The molecule has 1 aromatic heterocycles. The number of piperidine rings is 1. The highest BCUT2D eigenvalue weighted by molar-refractivity contribution is 5.97. The van der Waals surface area contributed by atoms with Gasteiger partial charge in [-0.3, -0.25) is 5.32 Å². The van der Waals surface area contributed by atoms with Crippen LogP contribution in [-0.2, 0) is 6.42 Å². The van der Waals surface area contributed by atoms with E-state index in [4.69, 9.17) is 5.73 Å². The van der Waals surface area contributed by atoms with Crippen LogP contribution in [0.5, 0.6) is 0 Å². The molecular formula is C15H18N4O. The Morgan fingerprint density at radius 1 is 1.40 bits per heavy atom. The quantitative estimate of drug-likeness (QED) is 0.639. The van der Waals surface area contributed by atoms with Gasteiger partial charge >= 0.3 is 6.03 Å². The van der Waals surface area contributed by atoms with Gasteiger partial charge in [-0.25, -0.2) is 4.79 Å². The number of amides is 2.